The average Bonchev–Trinajstić information content (AvgIpc) is 3.29. The van der Waals surface area contributed by atoms with Gasteiger partial charge in [-0.3, -0.25) is 9.69 Å². The van der Waals surface area contributed by atoms with Gasteiger partial charge >= 0.3 is 0 Å². The molecule has 2 aromatic carbocycles. The predicted octanol–water partition coefficient (Wildman–Crippen LogP) is 4.82. The Labute approximate surface area is 196 Å². The van der Waals surface area contributed by atoms with Crippen LogP contribution < -0.4 is 5.32 Å². The Kier molecular flexibility index (Phi) is 7.23. The summed E-state index contributed by atoms with van der Waals surface area (Å²) in [6, 6.07) is 20.5. The highest BCUT2D eigenvalue weighted by molar-refractivity contribution is 5.79. The Bertz CT molecular complexity index is 1020. The molecule has 1 aliphatic heterocycles. The number of hydrogen-bond donors (Lipinski definition) is 1. The van der Waals surface area contributed by atoms with Gasteiger partial charge in [0, 0.05) is 17.5 Å². The van der Waals surface area contributed by atoms with Crippen molar-refractivity contribution in [2.75, 3.05) is 13.1 Å². The van der Waals surface area contributed by atoms with E-state index in [1.54, 1.807) is 0 Å². The lowest BCUT2D eigenvalue weighted by molar-refractivity contribution is -0.127. The Morgan fingerprint density at radius 2 is 1.73 bits per heavy atom. The van der Waals surface area contributed by atoms with E-state index < -0.39 is 0 Å². The summed E-state index contributed by atoms with van der Waals surface area (Å²) in [5, 5.41) is 7.37. The fraction of sp³-hybridized carbons (Fsp3) is 0.444. The number of hydrogen-bond acceptors (Lipinski definition) is 5. The summed E-state index contributed by atoms with van der Waals surface area (Å²) >= 11 is 0. The lowest BCUT2D eigenvalue weighted by Crippen LogP contribution is -2.44. The van der Waals surface area contributed by atoms with Crippen LogP contribution in [-0.2, 0) is 16.8 Å². The summed E-state index contributed by atoms with van der Waals surface area (Å²) in [5.41, 5.74) is 2.27. The minimum absolute atomic E-state index is 0.0139. The smallest absolute Gasteiger partial charge is 0.241 e. The zero-order valence-electron chi connectivity index (χ0n) is 19.8. The normalized spacial score (nSPS) is 16.5. The van der Waals surface area contributed by atoms with E-state index in [0.29, 0.717) is 18.3 Å². The Hall–Kier alpha value is -2.99. The number of piperidine rings is 1. The zero-order chi connectivity index (χ0) is 23.3. The van der Waals surface area contributed by atoms with Crippen LogP contribution in [0.3, 0.4) is 0 Å². The van der Waals surface area contributed by atoms with E-state index >= 15 is 0 Å². The van der Waals surface area contributed by atoms with Crippen molar-refractivity contribution >= 4 is 5.91 Å². The molecule has 0 saturated carbocycles. The van der Waals surface area contributed by atoms with Crippen molar-refractivity contribution in [3.05, 3.63) is 72.1 Å². The maximum atomic E-state index is 12.9. The zero-order valence-corrected chi connectivity index (χ0v) is 19.8. The van der Waals surface area contributed by atoms with Gasteiger partial charge in [-0.15, -0.1) is 0 Å². The minimum Gasteiger partial charge on any atom is -0.353 e. The van der Waals surface area contributed by atoms with E-state index in [-0.39, 0.29) is 23.3 Å². The van der Waals surface area contributed by atoms with Crippen LogP contribution in [0.25, 0.3) is 11.4 Å². The largest absolute Gasteiger partial charge is 0.353 e. The van der Waals surface area contributed by atoms with Gasteiger partial charge in [-0.05, 0) is 50.3 Å². The van der Waals surface area contributed by atoms with Crippen LogP contribution in [0, 0.1) is 5.92 Å². The Balaban J connectivity index is 1.23. The van der Waals surface area contributed by atoms with Crippen LogP contribution in [0.15, 0.2) is 65.2 Å². The fourth-order valence-electron chi connectivity index (χ4n) is 4.75. The highest BCUT2D eigenvalue weighted by atomic mass is 16.5. The topological polar surface area (TPSA) is 71.3 Å². The lowest BCUT2D eigenvalue weighted by atomic mass is 9.79. The molecule has 4 rings (SSSR count). The first kappa shape index (κ1) is 23.2. The molecule has 1 N–H and O–H groups in total. The van der Waals surface area contributed by atoms with Gasteiger partial charge in [0.15, 0.2) is 0 Å². The number of nitrogens with one attached hydrogen (secondary N) is 1. The molecule has 1 amide bonds. The molecule has 0 bridgehead atoms. The molecule has 1 aliphatic rings. The molecule has 1 saturated heterocycles. The maximum Gasteiger partial charge on any atom is 0.241 e. The highest BCUT2D eigenvalue weighted by Crippen LogP contribution is 2.28. The molecule has 1 atom stereocenters. The summed E-state index contributed by atoms with van der Waals surface area (Å²) in [4.78, 5) is 19.7. The second-order valence-electron chi connectivity index (χ2n) is 9.79. The molecule has 2 heterocycles. The van der Waals surface area contributed by atoms with E-state index in [9.17, 15) is 4.79 Å². The first-order valence-electron chi connectivity index (χ1n) is 11.9. The van der Waals surface area contributed by atoms with Gasteiger partial charge in [0.05, 0.1) is 6.54 Å². The quantitative estimate of drug-likeness (QED) is 0.537. The van der Waals surface area contributed by atoms with Crippen molar-refractivity contribution in [1.29, 1.82) is 0 Å². The fourth-order valence-corrected chi connectivity index (χ4v) is 4.75. The van der Waals surface area contributed by atoms with Gasteiger partial charge in [-0.25, -0.2) is 0 Å². The number of nitrogens with zero attached hydrogens (tertiary/aromatic N) is 3. The second-order valence-corrected chi connectivity index (χ2v) is 9.79. The lowest BCUT2D eigenvalue weighted by Gasteiger charge is -2.32. The van der Waals surface area contributed by atoms with Crippen molar-refractivity contribution < 1.29 is 9.32 Å². The number of aromatic nitrogens is 2. The number of carbonyl (C=O) groups is 1. The summed E-state index contributed by atoms with van der Waals surface area (Å²) in [5.74, 6) is 1.47. The van der Waals surface area contributed by atoms with E-state index in [2.05, 4.69) is 65.4 Å². The van der Waals surface area contributed by atoms with Crippen molar-refractivity contribution in [2.24, 2.45) is 5.92 Å². The van der Waals surface area contributed by atoms with E-state index in [4.69, 9.17) is 4.52 Å². The van der Waals surface area contributed by atoms with Crippen LogP contribution in [-0.4, -0.2) is 40.1 Å². The van der Waals surface area contributed by atoms with Crippen LogP contribution >= 0.6 is 0 Å². The standard InChI is InChI=1S/C27H34N4O2/c1-20(18-27(2,3)23-12-8-5-9-13-23)28-26(32)22-14-16-31(17-15-22)19-24-29-25(30-33-24)21-10-6-4-7-11-21/h4-13,20,22H,14-19H2,1-3H3,(H,28,32). The van der Waals surface area contributed by atoms with Crippen molar-refractivity contribution in [3.63, 3.8) is 0 Å². The molecule has 1 aromatic heterocycles. The van der Waals surface area contributed by atoms with E-state index in [1.807, 2.05) is 36.4 Å². The number of rotatable bonds is 8. The number of carbonyl (C=O) groups excluding carboxylic acids is 1. The molecule has 0 spiro atoms. The van der Waals surface area contributed by atoms with Gasteiger partial charge in [0.25, 0.3) is 0 Å². The van der Waals surface area contributed by atoms with Gasteiger partial charge in [0.1, 0.15) is 0 Å². The molecule has 6 heteroatoms. The summed E-state index contributed by atoms with van der Waals surface area (Å²) in [6.07, 6.45) is 2.60. The van der Waals surface area contributed by atoms with Crippen molar-refractivity contribution in [3.8, 4) is 11.4 Å². The van der Waals surface area contributed by atoms with Crippen LogP contribution in [0.4, 0.5) is 0 Å². The summed E-state index contributed by atoms with van der Waals surface area (Å²) in [7, 11) is 0. The molecule has 1 unspecified atom stereocenters. The van der Waals surface area contributed by atoms with Gasteiger partial charge in [-0.1, -0.05) is 79.7 Å². The number of likely N-dealkylation sites (tertiary alicyclic amines) is 1. The van der Waals surface area contributed by atoms with E-state index in [0.717, 1.165) is 37.9 Å². The number of amides is 1. The molecule has 3 aromatic rings. The van der Waals surface area contributed by atoms with Gasteiger partial charge in [0.2, 0.25) is 17.6 Å². The van der Waals surface area contributed by atoms with Crippen molar-refractivity contribution in [2.45, 2.75) is 58.0 Å². The van der Waals surface area contributed by atoms with Crippen LogP contribution in [0.5, 0.6) is 0 Å². The predicted molar refractivity (Wildman–Crippen MR) is 129 cm³/mol. The SMILES string of the molecule is CC(CC(C)(C)c1ccccc1)NC(=O)C1CCN(Cc2nc(-c3ccccc3)no2)CC1. The summed E-state index contributed by atoms with van der Waals surface area (Å²) < 4.78 is 5.45. The Morgan fingerprint density at radius 1 is 1.09 bits per heavy atom. The first-order valence-corrected chi connectivity index (χ1v) is 11.9. The van der Waals surface area contributed by atoms with Crippen LogP contribution in [0.1, 0.15) is 51.5 Å². The van der Waals surface area contributed by atoms with Crippen LogP contribution in [0.2, 0.25) is 0 Å². The first-order chi connectivity index (χ1) is 15.9. The van der Waals surface area contributed by atoms with Gasteiger partial charge < -0.3 is 9.84 Å². The third-order valence-electron chi connectivity index (χ3n) is 6.58. The number of benzene rings is 2. The average molecular weight is 447 g/mol. The highest BCUT2D eigenvalue weighted by Gasteiger charge is 2.29. The molecular weight excluding hydrogens is 412 g/mol. The minimum atomic E-state index is 0.0139. The maximum absolute atomic E-state index is 12.9. The monoisotopic (exact) mass is 446 g/mol. The second kappa shape index (κ2) is 10.3. The molecule has 0 aliphatic carbocycles. The third-order valence-corrected chi connectivity index (χ3v) is 6.58. The van der Waals surface area contributed by atoms with Gasteiger partial charge in [-0.2, -0.15) is 4.98 Å². The third kappa shape index (κ3) is 6.08. The molecule has 33 heavy (non-hydrogen) atoms. The molecule has 6 nitrogen and oxygen atoms in total. The van der Waals surface area contributed by atoms with Crippen molar-refractivity contribution in [1.82, 2.24) is 20.4 Å². The summed E-state index contributed by atoms with van der Waals surface area (Å²) in [6.45, 7) is 8.91. The Morgan fingerprint density at radius 3 is 2.39 bits per heavy atom. The molecule has 174 valence electrons. The van der Waals surface area contributed by atoms with E-state index in [1.165, 1.54) is 5.56 Å². The molecule has 1 fully saturated rings. The molecular formula is C27H34N4O2. The molecule has 0 radical (unpaired) electrons.